The minimum atomic E-state index is -3.86. The van der Waals surface area contributed by atoms with Crippen molar-refractivity contribution in [3.63, 3.8) is 0 Å². The maximum atomic E-state index is 13.6. The second kappa shape index (κ2) is 11.2. The van der Waals surface area contributed by atoms with E-state index < -0.39 is 21.7 Å². The summed E-state index contributed by atoms with van der Waals surface area (Å²) >= 11 is 6.07. The summed E-state index contributed by atoms with van der Waals surface area (Å²) in [4.78, 5) is 14.6. The van der Waals surface area contributed by atoms with Crippen molar-refractivity contribution < 1.29 is 17.6 Å². The fourth-order valence-electron chi connectivity index (χ4n) is 3.67. The summed E-state index contributed by atoms with van der Waals surface area (Å²) in [6.45, 7) is 3.86. The highest BCUT2D eigenvalue weighted by molar-refractivity contribution is 7.89. The standard InChI is InChI=1S/C26H29ClFN3O3S/c1-5-18(2)31(35(33,34)24-11-7-9-21(27)16-24)17-20-15-23(12-13-25(20)30(3)4)29-26(32)19-8-6-10-22(28)14-19/h6-16,18H,5,17H2,1-4H3,(H,29,32). The Labute approximate surface area is 211 Å². The predicted octanol–water partition coefficient (Wildman–Crippen LogP) is 5.79. The molecule has 1 atom stereocenters. The third-order valence-corrected chi connectivity index (χ3v) is 7.91. The Morgan fingerprint density at radius 1 is 1.06 bits per heavy atom. The zero-order valence-electron chi connectivity index (χ0n) is 20.1. The van der Waals surface area contributed by atoms with Gasteiger partial charge in [0, 0.05) is 48.6 Å². The Kier molecular flexibility index (Phi) is 8.53. The quantitative estimate of drug-likeness (QED) is 0.390. The molecular formula is C26H29ClFN3O3S. The Balaban J connectivity index is 1.99. The van der Waals surface area contributed by atoms with Gasteiger partial charge in [0.2, 0.25) is 10.0 Å². The molecule has 0 saturated carbocycles. The maximum Gasteiger partial charge on any atom is 0.255 e. The molecule has 6 nitrogen and oxygen atoms in total. The van der Waals surface area contributed by atoms with Gasteiger partial charge in [-0.25, -0.2) is 12.8 Å². The van der Waals surface area contributed by atoms with Crippen LogP contribution in [0.25, 0.3) is 0 Å². The minimum absolute atomic E-state index is 0.0844. The first-order valence-electron chi connectivity index (χ1n) is 11.2. The molecule has 35 heavy (non-hydrogen) atoms. The number of anilines is 2. The lowest BCUT2D eigenvalue weighted by molar-refractivity contribution is 0.102. The van der Waals surface area contributed by atoms with Crippen LogP contribution >= 0.6 is 11.6 Å². The molecule has 0 aliphatic rings. The molecule has 186 valence electrons. The smallest absolute Gasteiger partial charge is 0.255 e. The topological polar surface area (TPSA) is 69.7 Å². The number of rotatable bonds is 9. The monoisotopic (exact) mass is 517 g/mol. The number of nitrogens with zero attached hydrogens (tertiary/aromatic N) is 2. The van der Waals surface area contributed by atoms with E-state index in [2.05, 4.69) is 5.32 Å². The van der Waals surface area contributed by atoms with Crippen LogP contribution in [0.1, 0.15) is 36.2 Å². The average Bonchev–Trinajstić information content (AvgIpc) is 2.81. The zero-order chi connectivity index (χ0) is 25.8. The molecule has 0 radical (unpaired) electrons. The number of benzene rings is 3. The number of sulfonamides is 1. The van der Waals surface area contributed by atoms with Crippen LogP contribution in [0.4, 0.5) is 15.8 Å². The van der Waals surface area contributed by atoms with Crippen molar-refractivity contribution in [1.82, 2.24) is 4.31 Å². The van der Waals surface area contributed by atoms with E-state index in [-0.39, 0.29) is 23.0 Å². The van der Waals surface area contributed by atoms with Gasteiger partial charge in [0.15, 0.2) is 0 Å². The van der Waals surface area contributed by atoms with Gasteiger partial charge in [-0.05, 0) is 73.5 Å². The summed E-state index contributed by atoms with van der Waals surface area (Å²) in [5, 5.41) is 3.12. The van der Waals surface area contributed by atoms with Crippen molar-refractivity contribution >= 4 is 38.9 Å². The predicted molar refractivity (Wildman–Crippen MR) is 139 cm³/mol. The molecule has 1 N–H and O–H groups in total. The molecule has 3 rings (SSSR count). The number of hydrogen-bond donors (Lipinski definition) is 1. The van der Waals surface area contributed by atoms with Crippen LogP contribution in [0.3, 0.4) is 0 Å². The molecule has 1 amide bonds. The summed E-state index contributed by atoms with van der Waals surface area (Å²) in [6.07, 6.45) is 0.604. The van der Waals surface area contributed by atoms with Gasteiger partial charge in [0.1, 0.15) is 5.82 Å². The number of hydrogen-bond acceptors (Lipinski definition) is 4. The summed E-state index contributed by atoms with van der Waals surface area (Å²) in [5.41, 5.74) is 2.18. The van der Waals surface area contributed by atoms with E-state index >= 15 is 0 Å². The lowest BCUT2D eigenvalue weighted by atomic mass is 10.1. The number of nitrogens with one attached hydrogen (secondary N) is 1. The van der Waals surface area contributed by atoms with Crippen molar-refractivity contribution in [1.29, 1.82) is 0 Å². The van der Waals surface area contributed by atoms with E-state index in [0.717, 1.165) is 11.8 Å². The van der Waals surface area contributed by atoms with Gasteiger partial charge in [-0.1, -0.05) is 30.7 Å². The van der Waals surface area contributed by atoms with Gasteiger partial charge in [0.25, 0.3) is 5.91 Å². The molecule has 1 unspecified atom stereocenters. The third kappa shape index (κ3) is 6.39. The Bertz CT molecular complexity index is 1310. The van der Waals surface area contributed by atoms with Crippen LogP contribution in [0.15, 0.2) is 71.6 Å². The zero-order valence-corrected chi connectivity index (χ0v) is 21.7. The second-order valence-corrected chi connectivity index (χ2v) is 10.8. The van der Waals surface area contributed by atoms with Gasteiger partial charge in [0.05, 0.1) is 4.90 Å². The first-order chi connectivity index (χ1) is 16.5. The Hall–Kier alpha value is -2.94. The molecule has 0 aliphatic carbocycles. The number of carbonyl (C=O) groups is 1. The van der Waals surface area contributed by atoms with Crippen LogP contribution in [0.5, 0.6) is 0 Å². The lowest BCUT2D eigenvalue weighted by Crippen LogP contribution is -2.38. The van der Waals surface area contributed by atoms with Gasteiger partial charge in [-0.15, -0.1) is 0 Å². The van der Waals surface area contributed by atoms with E-state index in [1.165, 1.54) is 34.6 Å². The van der Waals surface area contributed by atoms with Gasteiger partial charge < -0.3 is 10.2 Å². The molecule has 3 aromatic rings. The molecule has 0 heterocycles. The van der Waals surface area contributed by atoms with E-state index in [0.29, 0.717) is 22.7 Å². The molecule has 0 spiro atoms. The average molecular weight is 518 g/mol. The molecule has 9 heteroatoms. The lowest BCUT2D eigenvalue weighted by Gasteiger charge is -2.30. The number of carbonyl (C=O) groups excluding carboxylic acids is 1. The van der Waals surface area contributed by atoms with Crippen molar-refractivity contribution in [3.05, 3.63) is 88.7 Å². The fraction of sp³-hybridized carbons (Fsp3) is 0.269. The van der Waals surface area contributed by atoms with Crippen LogP contribution in [0, 0.1) is 5.82 Å². The SMILES string of the molecule is CCC(C)N(Cc1cc(NC(=O)c2cccc(F)c2)ccc1N(C)C)S(=O)(=O)c1cccc(Cl)c1. The molecule has 0 aliphatic heterocycles. The first kappa shape index (κ1) is 26.7. The van der Waals surface area contributed by atoms with Crippen molar-refractivity contribution in [3.8, 4) is 0 Å². The largest absolute Gasteiger partial charge is 0.377 e. The summed E-state index contributed by atoms with van der Waals surface area (Å²) in [7, 11) is -0.130. The van der Waals surface area contributed by atoms with Crippen molar-refractivity contribution in [2.45, 2.75) is 37.8 Å². The van der Waals surface area contributed by atoms with Gasteiger partial charge in [-0.2, -0.15) is 4.31 Å². The second-order valence-electron chi connectivity index (χ2n) is 8.47. The molecule has 0 aromatic heterocycles. The summed E-state index contributed by atoms with van der Waals surface area (Å²) in [6, 6.07) is 16.6. The highest BCUT2D eigenvalue weighted by atomic mass is 35.5. The molecule has 0 fully saturated rings. The van der Waals surface area contributed by atoms with Crippen molar-refractivity contribution in [2.75, 3.05) is 24.3 Å². The van der Waals surface area contributed by atoms with Crippen molar-refractivity contribution in [2.24, 2.45) is 0 Å². The fourth-order valence-corrected chi connectivity index (χ4v) is 5.66. The maximum absolute atomic E-state index is 13.6. The van der Waals surface area contributed by atoms with Crippen LogP contribution < -0.4 is 10.2 Å². The molecule has 0 bridgehead atoms. The summed E-state index contributed by atoms with van der Waals surface area (Å²) in [5.74, 6) is -0.963. The summed E-state index contributed by atoms with van der Waals surface area (Å²) < 4.78 is 42.2. The number of halogens is 2. The minimum Gasteiger partial charge on any atom is -0.377 e. The highest BCUT2D eigenvalue weighted by Crippen LogP contribution is 2.30. The van der Waals surface area contributed by atoms with Crippen LogP contribution in [-0.2, 0) is 16.6 Å². The Morgan fingerprint density at radius 2 is 1.77 bits per heavy atom. The van der Waals surface area contributed by atoms with Crippen LogP contribution in [-0.4, -0.2) is 38.8 Å². The highest BCUT2D eigenvalue weighted by Gasteiger charge is 2.29. The number of amides is 1. The first-order valence-corrected chi connectivity index (χ1v) is 13.0. The Morgan fingerprint density at radius 3 is 2.40 bits per heavy atom. The van der Waals surface area contributed by atoms with E-state index in [9.17, 15) is 17.6 Å². The molecular weight excluding hydrogens is 489 g/mol. The van der Waals surface area contributed by atoms with Crippen LogP contribution in [0.2, 0.25) is 5.02 Å². The van der Waals surface area contributed by atoms with E-state index in [4.69, 9.17) is 11.6 Å². The normalized spacial score (nSPS) is 12.4. The van der Waals surface area contributed by atoms with E-state index in [1.807, 2.05) is 38.9 Å². The van der Waals surface area contributed by atoms with E-state index in [1.54, 1.807) is 24.3 Å². The molecule has 0 saturated heterocycles. The van der Waals surface area contributed by atoms with Gasteiger partial charge in [-0.3, -0.25) is 4.79 Å². The molecule has 3 aromatic carbocycles. The van der Waals surface area contributed by atoms with Gasteiger partial charge >= 0.3 is 0 Å². The third-order valence-electron chi connectivity index (χ3n) is 5.72.